The zero-order valence-corrected chi connectivity index (χ0v) is 11.9. The van der Waals surface area contributed by atoms with Gasteiger partial charge >= 0.3 is 0 Å². The van der Waals surface area contributed by atoms with Crippen molar-refractivity contribution in [3.63, 3.8) is 0 Å². The van der Waals surface area contributed by atoms with Crippen LogP contribution < -0.4 is 10.6 Å². The molecular formula is C17H21N3. The van der Waals surface area contributed by atoms with Gasteiger partial charge in [-0.25, -0.2) is 4.98 Å². The number of nitrogens with two attached hydrogens (primary N) is 1. The van der Waals surface area contributed by atoms with Crippen molar-refractivity contribution in [2.24, 2.45) is 5.73 Å². The molecule has 1 aromatic carbocycles. The highest BCUT2D eigenvalue weighted by Crippen LogP contribution is 2.31. The summed E-state index contributed by atoms with van der Waals surface area (Å²) in [5.41, 5.74) is 9.43. The lowest BCUT2D eigenvalue weighted by Crippen LogP contribution is -2.21. The van der Waals surface area contributed by atoms with E-state index < -0.39 is 0 Å². The molecule has 1 saturated heterocycles. The molecule has 0 amide bonds. The standard InChI is InChI=1S/C17H21N3/c1-13-9-14(10-18)11-19-17(13)20-8-7-16(12-20)15-5-3-2-4-6-15/h2-6,9,11,16H,7-8,10,12,18H2,1H3. The van der Waals surface area contributed by atoms with Crippen LogP contribution in [0.15, 0.2) is 42.6 Å². The van der Waals surface area contributed by atoms with Gasteiger partial charge in [0, 0.05) is 31.7 Å². The van der Waals surface area contributed by atoms with E-state index in [0.29, 0.717) is 12.5 Å². The Morgan fingerprint density at radius 2 is 2.10 bits per heavy atom. The van der Waals surface area contributed by atoms with Crippen LogP contribution in [0.5, 0.6) is 0 Å². The molecule has 104 valence electrons. The molecule has 3 nitrogen and oxygen atoms in total. The van der Waals surface area contributed by atoms with Gasteiger partial charge in [0.2, 0.25) is 0 Å². The van der Waals surface area contributed by atoms with Crippen molar-refractivity contribution in [2.45, 2.75) is 25.8 Å². The number of hydrogen-bond donors (Lipinski definition) is 1. The molecular weight excluding hydrogens is 246 g/mol. The second-order valence-corrected chi connectivity index (χ2v) is 5.53. The summed E-state index contributed by atoms with van der Waals surface area (Å²) in [5, 5.41) is 0. The minimum atomic E-state index is 0.556. The van der Waals surface area contributed by atoms with E-state index in [1.807, 2.05) is 6.20 Å². The van der Waals surface area contributed by atoms with Gasteiger partial charge in [0.05, 0.1) is 0 Å². The summed E-state index contributed by atoms with van der Waals surface area (Å²) in [6.45, 7) is 4.81. The van der Waals surface area contributed by atoms with Gasteiger partial charge in [0.15, 0.2) is 0 Å². The first kappa shape index (κ1) is 13.1. The maximum absolute atomic E-state index is 5.67. The van der Waals surface area contributed by atoms with Gasteiger partial charge in [-0.2, -0.15) is 0 Å². The summed E-state index contributed by atoms with van der Waals surface area (Å²) in [4.78, 5) is 7.00. The number of pyridine rings is 1. The highest BCUT2D eigenvalue weighted by Gasteiger charge is 2.25. The van der Waals surface area contributed by atoms with Gasteiger partial charge in [-0.3, -0.25) is 0 Å². The van der Waals surface area contributed by atoms with Crippen molar-refractivity contribution >= 4 is 5.82 Å². The van der Waals surface area contributed by atoms with Gasteiger partial charge in [-0.15, -0.1) is 0 Å². The Bertz CT molecular complexity index is 580. The van der Waals surface area contributed by atoms with Crippen molar-refractivity contribution in [3.8, 4) is 0 Å². The maximum Gasteiger partial charge on any atom is 0.131 e. The lowest BCUT2D eigenvalue weighted by Gasteiger charge is -2.20. The van der Waals surface area contributed by atoms with Crippen LogP contribution in [-0.2, 0) is 6.54 Å². The number of aryl methyl sites for hydroxylation is 1. The predicted molar refractivity (Wildman–Crippen MR) is 82.9 cm³/mol. The monoisotopic (exact) mass is 267 g/mol. The van der Waals surface area contributed by atoms with E-state index in [1.165, 1.54) is 17.5 Å². The smallest absolute Gasteiger partial charge is 0.131 e. The van der Waals surface area contributed by atoms with E-state index in [4.69, 9.17) is 5.73 Å². The van der Waals surface area contributed by atoms with Gasteiger partial charge in [-0.1, -0.05) is 30.3 Å². The molecule has 1 aliphatic heterocycles. The molecule has 20 heavy (non-hydrogen) atoms. The topological polar surface area (TPSA) is 42.1 Å². The van der Waals surface area contributed by atoms with Crippen LogP contribution in [0.1, 0.15) is 29.0 Å². The highest BCUT2D eigenvalue weighted by atomic mass is 15.2. The summed E-state index contributed by atoms with van der Waals surface area (Å²) in [6.07, 6.45) is 3.10. The van der Waals surface area contributed by atoms with Crippen LogP contribution in [0.25, 0.3) is 0 Å². The van der Waals surface area contributed by atoms with E-state index in [1.54, 1.807) is 0 Å². The molecule has 2 aromatic rings. The number of hydrogen-bond acceptors (Lipinski definition) is 3. The number of aromatic nitrogens is 1. The Kier molecular flexibility index (Phi) is 3.70. The normalized spacial score (nSPS) is 18.5. The van der Waals surface area contributed by atoms with Crippen LogP contribution in [0.4, 0.5) is 5.82 Å². The molecule has 1 atom stereocenters. The highest BCUT2D eigenvalue weighted by molar-refractivity contribution is 5.49. The van der Waals surface area contributed by atoms with Crippen LogP contribution in [0, 0.1) is 6.92 Å². The van der Waals surface area contributed by atoms with Crippen molar-refractivity contribution in [1.82, 2.24) is 4.98 Å². The van der Waals surface area contributed by atoms with Crippen molar-refractivity contribution in [1.29, 1.82) is 0 Å². The first-order chi connectivity index (χ1) is 9.78. The average molecular weight is 267 g/mol. The zero-order valence-electron chi connectivity index (χ0n) is 11.9. The minimum absolute atomic E-state index is 0.556. The number of benzene rings is 1. The summed E-state index contributed by atoms with van der Waals surface area (Å²) in [6, 6.07) is 12.9. The van der Waals surface area contributed by atoms with Crippen molar-refractivity contribution in [3.05, 3.63) is 59.3 Å². The lowest BCUT2D eigenvalue weighted by molar-refractivity contribution is 0.774. The van der Waals surface area contributed by atoms with Crippen LogP contribution in [0.2, 0.25) is 0 Å². The third-order valence-corrected chi connectivity index (χ3v) is 4.10. The molecule has 2 N–H and O–H groups in total. The third kappa shape index (κ3) is 2.54. The van der Waals surface area contributed by atoms with Gasteiger partial charge < -0.3 is 10.6 Å². The minimum Gasteiger partial charge on any atom is -0.356 e. The number of nitrogens with zero attached hydrogens (tertiary/aromatic N) is 2. The molecule has 0 bridgehead atoms. The largest absolute Gasteiger partial charge is 0.356 e. The van der Waals surface area contributed by atoms with Crippen LogP contribution in [0.3, 0.4) is 0 Å². The molecule has 0 spiro atoms. The summed E-state index contributed by atoms with van der Waals surface area (Å²) >= 11 is 0. The Morgan fingerprint density at radius 1 is 1.30 bits per heavy atom. The fourth-order valence-electron chi connectivity index (χ4n) is 3.02. The average Bonchev–Trinajstić information content (AvgIpc) is 2.97. The van der Waals surface area contributed by atoms with Crippen LogP contribution in [-0.4, -0.2) is 18.1 Å². The molecule has 1 aromatic heterocycles. The second-order valence-electron chi connectivity index (χ2n) is 5.53. The Morgan fingerprint density at radius 3 is 2.80 bits per heavy atom. The van der Waals surface area contributed by atoms with E-state index >= 15 is 0 Å². The molecule has 1 fully saturated rings. The van der Waals surface area contributed by atoms with Gasteiger partial charge in [0.1, 0.15) is 5.82 Å². The summed E-state index contributed by atoms with van der Waals surface area (Å²) in [5.74, 6) is 1.73. The SMILES string of the molecule is Cc1cc(CN)cnc1N1CCC(c2ccccc2)C1. The zero-order chi connectivity index (χ0) is 13.9. The summed E-state index contributed by atoms with van der Waals surface area (Å²) in [7, 11) is 0. The maximum atomic E-state index is 5.67. The van der Waals surface area contributed by atoms with E-state index in [0.717, 1.165) is 24.5 Å². The van der Waals surface area contributed by atoms with E-state index in [9.17, 15) is 0 Å². The summed E-state index contributed by atoms with van der Waals surface area (Å²) < 4.78 is 0. The molecule has 1 aliphatic rings. The van der Waals surface area contributed by atoms with E-state index in [-0.39, 0.29) is 0 Å². The quantitative estimate of drug-likeness (QED) is 0.930. The Labute approximate surface area is 120 Å². The molecule has 3 rings (SSSR count). The van der Waals surface area contributed by atoms with Gasteiger partial charge in [0.25, 0.3) is 0 Å². The van der Waals surface area contributed by atoms with Crippen molar-refractivity contribution < 1.29 is 0 Å². The Balaban J connectivity index is 1.77. The molecule has 1 unspecified atom stereocenters. The molecule has 0 radical (unpaired) electrons. The molecule has 0 saturated carbocycles. The fourth-order valence-corrected chi connectivity index (χ4v) is 3.02. The lowest BCUT2D eigenvalue weighted by atomic mass is 9.99. The second kappa shape index (κ2) is 5.63. The molecule has 3 heteroatoms. The van der Waals surface area contributed by atoms with E-state index in [2.05, 4.69) is 53.2 Å². The number of rotatable bonds is 3. The third-order valence-electron chi connectivity index (χ3n) is 4.10. The Hall–Kier alpha value is -1.87. The number of anilines is 1. The first-order valence-corrected chi connectivity index (χ1v) is 7.23. The fraction of sp³-hybridized carbons (Fsp3) is 0.353. The van der Waals surface area contributed by atoms with Crippen LogP contribution >= 0.6 is 0 Å². The molecule has 2 heterocycles. The first-order valence-electron chi connectivity index (χ1n) is 7.23. The predicted octanol–water partition coefficient (Wildman–Crippen LogP) is 2.84. The van der Waals surface area contributed by atoms with Gasteiger partial charge in [-0.05, 0) is 36.1 Å². The molecule has 0 aliphatic carbocycles. The van der Waals surface area contributed by atoms with Crippen molar-refractivity contribution in [2.75, 3.05) is 18.0 Å².